The molecule has 0 amide bonds. The molecule has 0 aliphatic heterocycles. The normalized spacial score (nSPS) is 11.5. The molecule has 0 unspecified atom stereocenters. The van der Waals surface area contributed by atoms with Gasteiger partial charge in [0.25, 0.3) is 0 Å². The minimum absolute atomic E-state index is 0.0517. The van der Waals surface area contributed by atoms with Gasteiger partial charge >= 0.3 is 5.97 Å². The van der Waals surface area contributed by atoms with E-state index in [4.69, 9.17) is 4.74 Å². The van der Waals surface area contributed by atoms with E-state index >= 15 is 0 Å². The third-order valence-electron chi connectivity index (χ3n) is 3.08. The first-order valence-electron chi connectivity index (χ1n) is 6.62. The summed E-state index contributed by atoms with van der Waals surface area (Å²) >= 11 is 0. The van der Waals surface area contributed by atoms with E-state index in [1.54, 1.807) is 12.1 Å². The zero-order valence-electron chi connectivity index (χ0n) is 12.6. The predicted molar refractivity (Wildman–Crippen MR) is 83.5 cm³/mol. The van der Waals surface area contributed by atoms with Crippen LogP contribution in [0.15, 0.2) is 53.4 Å². The summed E-state index contributed by atoms with van der Waals surface area (Å²) < 4.78 is 30.5. The first kappa shape index (κ1) is 16.2. The quantitative estimate of drug-likeness (QED) is 0.641. The number of esters is 1. The van der Waals surface area contributed by atoms with Gasteiger partial charge in [0.15, 0.2) is 0 Å². The van der Waals surface area contributed by atoms with Gasteiger partial charge in [-0.15, -0.1) is 0 Å². The summed E-state index contributed by atoms with van der Waals surface area (Å²) in [5.74, 6) is -0.184. The maximum absolute atomic E-state index is 12.1. The van der Waals surface area contributed by atoms with Crippen molar-refractivity contribution in [3.63, 3.8) is 0 Å². The molecule has 0 saturated heterocycles. The van der Waals surface area contributed by atoms with Crippen molar-refractivity contribution >= 4 is 16.0 Å². The molecule has 5 nitrogen and oxygen atoms in total. The van der Waals surface area contributed by atoms with Gasteiger partial charge in [-0.2, -0.15) is 0 Å². The molecule has 0 N–H and O–H groups in total. The lowest BCUT2D eigenvalue weighted by atomic mass is 10.2. The van der Waals surface area contributed by atoms with Crippen molar-refractivity contribution < 1.29 is 17.9 Å². The molecule has 2 aromatic carbocycles. The summed E-state index contributed by atoms with van der Waals surface area (Å²) in [5.41, 5.74) is 1.24. The van der Waals surface area contributed by atoms with Crippen LogP contribution >= 0.6 is 0 Å². The third-order valence-corrected chi connectivity index (χ3v) is 4.89. The maximum Gasteiger partial charge on any atom is 0.343 e. The third kappa shape index (κ3) is 3.52. The van der Waals surface area contributed by atoms with Gasteiger partial charge in [-0.25, -0.2) is 17.5 Å². The number of carbonyl (C=O) groups is 1. The fraction of sp³-hybridized carbons (Fsp3) is 0.188. The van der Waals surface area contributed by atoms with Crippen LogP contribution in [0, 0.1) is 6.92 Å². The second-order valence-corrected chi connectivity index (χ2v) is 7.17. The average molecular weight is 319 g/mol. The van der Waals surface area contributed by atoms with Crippen molar-refractivity contribution in [2.45, 2.75) is 11.8 Å². The molecule has 2 aromatic rings. The first-order valence-corrected chi connectivity index (χ1v) is 8.06. The van der Waals surface area contributed by atoms with Crippen molar-refractivity contribution in [3.8, 4) is 5.75 Å². The number of benzene rings is 2. The Morgan fingerprint density at radius 1 is 1.05 bits per heavy atom. The predicted octanol–water partition coefficient (Wildman–Crippen LogP) is 2.46. The molecule has 0 fully saturated rings. The summed E-state index contributed by atoms with van der Waals surface area (Å²) in [6, 6.07) is 12.8. The molecule has 2 rings (SSSR count). The van der Waals surface area contributed by atoms with Gasteiger partial charge < -0.3 is 4.74 Å². The lowest BCUT2D eigenvalue weighted by molar-refractivity contribution is 0.0734. The number of aryl methyl sites for hydroxylation is 1. The zero-order chi connectivity index (χ0) is 16.3. The van der Waals surface area contributed by atoms with Crippen LogP contribution in [0.1, 0.15) is 15.9 Å². The summed E-state index contributed by atoms with van der Waals surface area (Å²) in [5, 5.41) is 0. The van der Waals surface area contributed by atoms with Crippen LogP contribution in [-0.4, -0.2) is 32.8 Å². The van der Waals surface area contributed by atoms with Crippen LogP contribution in [-0.2, 0) is 10.0 Å². The van der Waals surface area contributed by atoms with E-state index in [0.29, 0.717) is 5.75 Å². The number of nitrogens with zero attached hydrogens (tertiary/aromatic N) is 1. The molecule has 0 radical (unpaired) electrons. The van der Waals surface area contributed by atoms with Gasteiger partial charge in [0.1, 0.15) is 5.75 Å². The molecule has 0 aliphatic carbocycles. The molecule has 0 atom stereocenters. The minimum atomic E-state index is -3.59. The van der Waals surface area contributed by atoms with Crippen molar-refractivity contribution in [1.29, 1.82) is 0 Å². The number of ether oxygens (including phenoxy) is 1. The van der Waals surface area contributed by atoms with Crippen molar-refractivity contribution in [1.82, 2.24) is 4.31 Å². The Morgan fingerprint density at radius 3 is 2.27 bits per heavy atom. The van der Waals surface area contributed by atoms with Crippen LogP contribution in [0.3, 0.4) is 0 Å². The molecular weight excluding hydrogens is 302 g/mol. The summed E-state index contributed by atoms with van der Waals surface area (Å²) in [6.45, 7) is 1.93. The van der Waals surface area contributed by atoms with Crippen molar-refractivity contribution in [3.05, 3.63) is 59.7 Å². The van der Waals surface area contributed by atoms with E-state index in [1.165, 1.54) is 38.4 Å². The van der Waals surface area contributed by atoms with E-state index in [2.05, 4.69) is 0 Å². The van der Waals surface area contributed by atoms with E-state index in [0.717, 1.165) is 9.87 Å². The zero-order valence-corrected chi connectivity index (χ0v) is 13.4. The van der Waals surface area contributed by atoms with E-state index in [9.17, 15) is 13.2 Å². The molecule has 22 heavy (non-hydrogen) atoms. The molecule has 116 valence electrons. The number of sulfonamides is 1. The highest BCUT2D eigenvalue weighted by Crippen LogP contribution is 2.17. The highest BCUT2D eigenvalue weighted by atomic mass is 32.2. The number of hydrogen-bond acceptors (Lipinski definition) is 4. The Balaban J connectivity index is 2.26. The van der Waals surface area contributed by atoms with Crippen LogP contribution in [0.4, 0.5) is 0 Å². The minimum Gasteiger partial charge on any atom is -0.423 e. The van der Waals surface area contributed by atoms with E-state index in [1.807, 2.05) is 19.1 Å². The standard InChI is InChI=1S/C16H17NO4S/c1-12-7-9-14(10-8-12)21-16(18)13-5-4-6-15(11-13)22(19,20)17(2)3/h4-11H,1-3H3. The number of hydrogen-bond donors (Lipinski definition) is 0. The summed E-state index contributed by atoms with van der Waals surface area (Å²) in [7, 11) is -0.712. The summed E-state index contributed by atoms with van der Waals surface area (Å²) in [4.78, 5) is 12.2. The number of rotatable bonds is 4. The van der Waals surface area contributed by atoms with Crippen LogP contribution in [0.25, 0.3) is 0 Å². The largest absolute Gasteiger partial charge is 0.423 e. The van der Waals surface area contributed by atoms with Gasteiger partial charge in [-0.3, -0.25) is 0 Å². The topological polar surface area (TPSA) is 63.7 Å². The second-order valence-electron chi connectivity index (χ2n) is 5.02. The van der Waals surface area contributed by atoms with Gasteiger partial charge in [-0.1, -0.05) is 23.8 Å². The van der Waals surface area contributed by atoms with Crippen LogP contribution in [0.2, 0.25) is 0 Å². The molecule has 0 spiro atoms. The Kier molecular flexibility index (Phi) is 4.63. The average Bonchev–Trinajstić information content (AvgIpc) is 2.49. The monoisotopic (exact) mass is 319 g/mol. The second kappa shape index (κ2) is 6.29. The molecule has 0 aromatic heterocycles. The Labute approximate surface area is 130 Å². The van der Waals surface area contributed by atoms with Gasteiger partial charge in [0.2, 0.25) is 10.0 Å². The lowest BCUT2D eigenvalue weighted by Crippen LogP contribution is -2.22. The van der Waals surface area contributed by atoms with Crippen LogP contribution in [0.5, 0.6) is 5.75 Å². The summed E-state index contributed by atoms with van der Waals surface area (Å²) in [6.07, 6.45) is 0. The fourth-order valence-electron chi connectivity index (χ4n) is 1.77. The molecule has 0 bridgehead atoms. The van der Waals surface area contributed by atoms with E-state index in [-0.39, 0.29) is 10.5 Å². The van der Waals surface area contributed by atoms with Crippen molar-refractivity contribution in [2.24, 2.45) is 0 Å². The Bertz CT molecular complexity index is 780. The Hall–Kier alpha value is -2.18. The molecule has 0 aliphatic rings. The fourth-order valence-corrected chi connectivity index (χ4v) is 2.71. The molecule has 6 heteroatoms. The SMILES string of the molecule is Cc1ccc(OC(=O)c2cccc(S(=O)(=O)N(C)C)c2)cc1. The lowest BCUT2D eigenvalue weighted by Gasteiger charge is -2.12. The van der Waals surface area contributed by atoms with Crippen molar-refractivity contribution in [2.75, 3.05) is 14.1 Å². The van der Waals surface area contributed by atoms with Gasteiger partial charge in [0.05, 0.1) is 10.5 Å². The highest BCUT2D eigenvalue weighted by molar-refractivity contribution is 7.89. The van der Waals surface area contributed by atoms with Gasteiger partial charge in [-0.05, 0) is 37.3 Å². The van der Waals surface area contributed by atoms with Crippen LogP contribution < -0.4 is 4.74 Å². The highest BCUT2D eigenvalue weighted by Gasteiger charge is 2.19. The smallest absolute Gasteiger partial charge is 0.343 e. The maximum atomic E-state index is 12.1. The van der Waals surface area contributed by atoms with Gasteiger partial charge in [0, 0.05) is 14.1 Å². The van der Waals surface area contributed by atoms with E-state index < -0.39 is 16.0 Å². The molecular formula is C16H17NO4S. The number of carbonyl (C=O) groups excluding carboxylic acids is 1. The Morgan fingerprint density at radius 2 is 1.68 bits per heavy atom. The first-order chi connectivity index (χ1) is 10.3. The molecule has 0 saturated carbocycles. The molecule has 0 heterocycles.